The molecule has 1 unspecified atom stereocenters. The number of rotatable bonds is 6. The Morgan fingerprint density at radius 2 is 1.92 bits per heavy atom. The van der Waals surface area contributed by atoms with Crippen LogP contribution >= 0.6 is 0 Å². The van der Waals surface area contributed by atoms with E-state index in [9.17, 15) is 9.90 Å². The molecule has 0 aliphatic rings. The van der Waals surface area contributed by atoms with Crippen molar-refractivity contribution >= 4 is 6.03 Å². The molecule has 3 N–H and O–H groups in total. The average molecular weight is 351 g/mol. The smallest absolute Gasteiger partial charge is 0.315 e. The second kappa shape index (κ2) is 8.26. The Morgan fingerprint density at radius 1 is 1.15 bits per heavy atom. The van der Waals surface area contributed by atoms with Gasteiger partial charge in [-0.3, -0.25) is 4.57 Å². The van der Waals surface area contributed by atoms with Crippen LogP contribution in [0.5, 0.6) is 0 Å². The van der Waals surface area contributed by atoms with Crippen LogP contribution in [0.2, 0.25) is 0 Å². The van der Waals surface area contributed by atoms with E-state index in [1.165, 1.54) is 0 Å². The third kappa shape index (κ3) is 4.46. The van der Waals surface area contributed by atoms with Crippen molar-refractivity contribution in [3.05, 3.63) is 78.0 Å². The zero-order valence-electron chi connectivity index (χ0n) is 14.5. The minimum absolute atomic E-state index is 0.259. The zero-order chi connectivity index (χ0) is 18.4. The molecule has 0 saturated carbocycles. The zero-order valence-corrected chi connectivity index (χ0v) is 14.5. The van der Waals surface area contributed by atoms with Gasteiger partial charge in [-0.2, -0.15) is 0 Å². The molecule has 0 aliphatic carbocycles. The Balaban J connectivity index is 1.53. The molecule has 2 amide bonds. The standard InChI is InChI=1S/C19H21N5O2/c1-14(25)16-6-4-15(5-7-16)11-22-19(26)23-12-17-3-2-8-21-18(17)24-10-9-20-13-24/h2-10,13-14,25H,11-12H2,1H3,(H2,22,23,26). The number of nitrogens with one attached hydrogen (secondary N) is 2. The summed E-state index contributed by atoms with van der Waals surface area (Å²) in [5.41, 5.74) is 2.70. The van der Waals surface area contributed by atoms with Gasteiger partial charge in [-0.1, -0.05) is 30.3 Å². The van der Waals surface area contributed by atoms with Gasteiger partial charge in [-0.25, -0.2) is 14.8 Å². The summed E-state index contributed by atoms with van der Waals surface area (Å²) in [5.74, 6) is 0.735. The normalized spacial score (nSPS) is 11.8. The maximum Gasteiger partial charge on any atom is 0.315 e. The van der Waals surface area contributed by atoms with Crippen LogP contribution in [0, 0.1) is 0 Å². The SMILES string of the molecule is CC(O)c1ccc(CNC(=O)NCc2cccnc2-n2ccnc2)cc1. The number of aliphatic hydroxyl groups is 1. The lowest BCUT2D eigenvalue weighted by atomic mass is 10.1. The number of aromatic nitrogens is 3. The van der Waals surface area contributed by atoms with Gasteiger partial charge in [0.05, 0.1) is 6.10 Å². The topological polar surface area (TPSA) is 92.1 Å². The molecule has 0 fully saturated rings. The summed E-state index contributed by atoms with van der Waals surface area (Å²) in [6.45, 7) is 2.48. The maximum atomic E-state index is 12.1. The molecule has 7 heteroatoms. The molecule has 2 heterocycles. The first-order valence-electron chi connectivity index (χ1n) is 8.34. The Labute approximate surface area is 151 Å². The molecule has 1 atom stereocenters. The Hall–Kier alpha value is -3.19. The lowest BCUT2D eigenvalue weighted by molar-refractivity contribution is 0.199. The number of carbonyl (C=O) groups is 1. The van der Waals surface area contributed by atoms with E-state index in [0.29, 0.717) is 13.1 Å². The van der Waals surface area contributed by atoms with Crippen LogP contribution in [-0.2, 0) is 13.1 Å². The molecule has 7 nitrogen and oxygen atoms in total. The summed E-state index contributed by atoms with van der Waals surface area (Å²) >= 11 is 0. The molecular formula is C19H21N5O2. The van der Waals surface area contributed by atoms with Crippen LogP contribution in [0.25, 0.3) is 5.82 Å². The number of urea groups is 1. The first kappa shape index (κ1) is 17.6. The fraction of sp³-hybridized carbons (Fsp3) is 0.211. The van der Waals surface area contributed by atoms with Gasteiger partial charge in [-0.05, 0) is 24.1 Å². The number of pyridine rings is 1. The molecule has 0 bridgehead atoms. The molecule has 134 valence electrons. The van der Waals surface area contributed by atoms with E-state index >= 15 is 0 Å². The van der Waals surface area contributed by atoms with Gasteiger partial charge in [0.1, 0.15) is 12.1 Å². The molecule has 2 aromatic heterocycles. The highest BCUT2D eigenvalue weighted by molar-refractivity contribution is 5.73. The Bertz CT molecular complexity index is 845. The van der Waals surface area contributed by atoms with Crippen molar-refractivity contribution in [2.24, 2.45) is 0 Å². The van der Waals surface area contributed by atoms with Crippen LogP contribution in [0.4, 0.5) is 4.79 Å². The number of hydrogen-bond acceptors (Lipinski definition) is 4. The van der Waals surface area contributed by atoms with E-state index in [2.05, 4.69) is 20.6 Å². The van der Waals surface area contributed by atoms with Gasteiger partial charge in [0.2, 0.25) is 0 Å². The minimum atomic E-state index is -0.496. The molecule has 0 radical (unpaired) electrons. The molecule has 26 heavy (non-hydrogen) atoms. The third-order valence-corrected chi connectivity index (χ3v) is 3.97. The van der Waals surface area contributed by atoms with E-state index in [0.717, 1.165) is 22.5 Å². The Morgan fingerprint density at radius 3 is 2.62 bits per heavy atom. The summed E-state index contributed by atoms with van der Waals surface area (Å²) in [7, 11) is 0. The second-order valence-corrected chi connectivity index (χ2v) is 5.91. The number of imidazole rings is 1. The summed E-state index contributed by atoms with van der Waals surface area (Å²) in [6.07, 6.45) is 6.37. The van der Waals surface area contributed by atoms with Crippen molar-refractivity contribution in [3.63, 3.8) is 0 Å². The molecule has 3 aromatic rings. The van der Waals surface area contributed by atoms with Gasteiger partial charge >= 0.3 is 6.03 Å². The highest BCUT2D eigenvalue weighted by Crippen LogP contribution is 2.13. The van der Waals surface area contributed by atoms with Crippen molar-refractivity contribution in [2.75, 3.05) is 0 Å². The lowest BCUT2D eigenvalue weighted by Crippen LogP contribution is -2.34. The van der Waals surface area contributed by atoms with Gasteiger partial charge < -0.3 is 15.7 Å². The maximum absolute atomic E-state index is 12.1. The number of aliphatic hydroxyl groups excluding tert-OH is 1. The number of amides is 2. The van der Waals surface area contributed by atoms with Gasteiger partial charge in [0.15, 0.2) is 0 Å². The fourth-order valence-electron chi connectivity index (χ4n) is 2.52. The highest BCUT2D eigenvalue weighted by atomic mass is 16.3. The molecular weight excluding hydrogens is 330 g/mol. The first-order valence-corrected chi connectivity index (χ1v) is 8.34. The second-order valence-electron chi connectivity index (χ2n) is 5.91. The molecule has 1 aromatic carbocycles. The highest BCUT2D eigenvalue weighted by Gasteiger charge is 2.07. The van der Waals surface area contributed by atoms with Crippen LogP contribution in [0.3, 0.4) is 0 Å². The summed E-state index contributed by atoms with van der Waals surface area (Å²) in [4.78, 5) is 20.4. The number of benzene rings is 1. The predicted molar refractivity (Wildman–Crippen MR) is 97.5 cm³/mol. The third-order valence-electron chi connectivity index (χ3n) is 3.97. The van der Waals surface area contributed by atoms with Crippen LogP contribution in [0.1, 0.15) is 29.7 Å². The fourth-order valence-corrected chi connectivity index (χ4v) is 2.52. The largest absolute Gasteiger partial charge is 0.389 e. The van der Waals surface area contributed by atoms with Crippen molar-refractivity contribution in [1.29, 1.82) is 0 Å². The average Bonchev–Trinajstić information content (AvgIpc) is 3.20. The van der Waals surface area contributed by atoms with E-state index in [4.69, 9.17) is 0 Å². The number of carbonyl (C=O) groups excluding carboxylic acids is 1. The van der Waals surface area contributed by atoms with E-state index in [1.807, 2.05) is 42.6 Å². The van der Waals surface area contributed by atoms with Crippen LogP contribution in [0.15, 0.2) is 61.3 Å². The molecule has 0 spiro atoms. The number of hydrogen-bond donors (Lipinski definition) is 3. The van der Waals surface area contributed by atoms with Crippen molar-refractivity contribution in [1.82, 2.24) is 25.2 Å². The summed E-state index contributed by atoms with van der Waals surface area (Å²) < 4.78 is 1.80. The minimum Gasteiger partial charge on any atom is -0.389 e. The van der Waals surface area contributed by atoms with E-state index in [-0.39, 0.29) is 6.03 Å². The van der Waals surface area contributed by atoms with Crippen molar-refractivity contribution in [3.8, 4) is 5.82 Å². The summed E-state index contributed by atoms with van der Waals surface area (Å²) in [5, 5.41) is 15.2. The summed E-state index contributed by atoms with van der Waals surface area (Å²) in [6, 6.07) is 11.0. The van der Waals surface area contributed by atoms with Gasteiger partial charge in [0.25, 0.3) is 0 Å². The van der Waals surface area contributed by atoms with E-state index < -0.39 is 6.10 Å². The van der Waals surface area contributed by atoms with Crippen LogP contribution < -0.4 is 10.6 Å². The van der Waals surface area contributed by atoms with Gasteiger partial charge in [-0.15, -0.1) is 0 Å². The van der Waals surface area contributed by atoms with Gasteiger partial charge in [0, 0.05) is 37.2 Å². The number of nitrogens with zero attached hydrogens (tertiary/aromatic N) is 3. The monoisotopic (exact) mass is 351 g/mol. The van der Waals surface area contributed by atoms with Crippen molar-refractivity contribution < 1.29 is 9.90 Å². The lowest BCUT2D eigenvalue weighted by Gasteiger charge is -2.11. The molecule has 0 aliphatic heterocycles. The first-order chi connectivity index (χ1) is 12.6. The molecule has 3 rings (SSSR count). The van der Waals surface area contributed by atoms with E-state index in [1.54, 1.807) is 30.2 Å². The Kier molecular flexibility index (Phi) is 5.60. The predicted octanol–water partition coefficient (Wildman–Crippen LogP) is 2.32. The van der Waals surface area contributed by atoms with Crippen LogP contribution in [-0.4, -0.2) is 25.7 Å². The quantitative estimate of drug-likeness (QED) is 0.635. The van der Waals surface area contributed by atoms with Crippen molar-refractivity contribution in [2.45, 2.75) is 26.1 Å². The molecule has 0 saturated heterocycles.